The van der Waals surface area contributed by atoms with Gasteiger partial charge >= 0.3 is 0 Å². The second-order valence-electron chi connectivity index (χ2n) is 2.37. The molecule has 0 spiro atoms. The molecule has 1 aliphatic rings. The Hall–Kier alpha value is 0.270. The molecule has 0 bridgehead atoms. The molecule has 52 valence electrons. The Labute approximate surface area is 70.3 Å². The minimum absolute atomic E-state index is 1.26. The molecule has 0 radical (unpaired) electrons. The van der Waals surface area contributed by atoms with E-state index in [4.69, 9.17) is 0 Å². The largest absolute Gasteiger partial charge is 0.377 e. The molecule has 0 atom stereocenters. The lowest BCUT2D eigenvalue weighted by Crippen LogP contribution is -2.23. The Morgan fingerprint density at radius 3 is 2.33 bits per heavy atom. The Morgan fingerprint density at radius 2 is 1.78 bits per heavy atom. The average molecular weight is 237 g/mol. The lowest BCUT2D eigenvalue weighted by molar-refractivity contribution is 0.310. The standard InChI is InChI=1S/C7H12IN/c8-4-7-9-5-2-1-3-6-9/h4,7H,1-3,5-6H2/b7-4+. The molecule has 1 saturated heterocycles. The van der Waals surface area contributed by atoms with Crippen LogP contribution < -0.4 is 0 Å². The van der Waals surface area contributed by atoms with Gasteiger partial charge in [0.2, 0.25) is 0 Å². The fraction of sp³-hybridized carbons (Fsp3) is 0.714. The van der Waals surface area contributed by atoms with E-state index in [1.165, 1.54) is 32.4 Å². The molecule has 0 amide bonds. The highest BCUT2D eigenvalue weighted by molar-refractivity contribution is 14.1. The molecule has 1 rings (SSSR count). The van der Waals surface area contributed by atoms with E-state index in [0.29, 0.717) is 0 Å². The molecule has 1 nitrogen and oxygen atoms in total. The zero-order valence-corrected chi connectivity index (χ0v) is 7.67. The van der Waals surface area contributed by atoms with Crippen LogP contribution in [0, 0.1) is 0 Å². The lowest BCUT2D eigenvalue weighted by atomic mass is 10.1. The van der Waals surface area contributed by atoms with E-state index in [2.05, 4.69) is 37.8 Å². The van der Waals surface area contributed by atoms with Gasteiger partial charge in [0.05, 0.1) is 0 Å². The van der Waals surface area contributed by atoms with Crippen molar-refractivity contribution in [3.05, 3.63) is 10.3 Å². The maximum atomic E-state index is 2.38. The molecule has 2 heteroatoms. The number of nitrogens with zero attached hydrogens (tertiary/aromatic N) is 1. The number of likely N-dealkylation sites (tertiary alicyclic amines) is 1. The van der Waals surface area contributed by atoms with E-state index in [-0.39, 0.29) is 0 Å². The van der Waals surface area contributed by atoms with Crippen LogP contribution in [0.3, 0.4) is 0 Å². The molecule has 9 heavy (non-hydrogen) atoms. The SMILES string of the molecule is I/C=C/N1CCCCC1. The molecule has 0 unspecified atom stereocenters. The number of piperidine rings is 1. The summed E-state index contributed by atoms with van der Waals surface area (Å²) in [5, 5.41) is 0. The molecule has 0 N–H and O–H groups in total. The van der Waals surface area contributed by atoms with Crippen LogP contribution in [0.1, 0.15) is 19.3 Å². The molecule has 0 aliphatic carbocycles. The van der Waals surface area contributed by atoms with Crippen molar-refractivity contribution in [1.82, 2.24) is 4.90 Å². The van der Waals surface area contributed by atoms with Gasteiger partial charge < -0.3 is 4.90 Å². The van der Waals surface area contributed by atoms with Crippen LogP contribution in [0.4, 0.5) is 0 Å². The third kappa shape index (κ3) is 2.56. The van der Waals surface area contributed by atoms with E-state index < -0.39 is 0 Å². The maximum Gasteiger partial charge on any atom is 0.0172 e. The Morgan fingerprint density at radius 1 is 1.11 bits per heavy atom. The van der Waals surface area contributed by atoms with Crippen LogP contribution >= 0.6 is 22.6 Å². The number of halogens is 1. The molecule has 1 aliphatic heterocycles. The molecular formula is C7H12IN. The van der Waals surface area contributed by atoms with Crippen molar-refractivity contribution in [2.24, 2.45) is 0 Å². The lowest BCUT2D eigenvalue weighted by Gasteiger charge is -2.24. The molecule has 0 aromatic carbocycles. The number of hydrogen-bond donors (Lipinski definition) is 0. The zero-order valence-electron chi connectivity index (χ0n) is 5.52. The first-order valence-corrected chi connectivity index (χ1v) is 4.69. The Balaban J connectivity index is 2.23. The summed E-state index contributed by atoms with van der Waals surface area (Å²) < 4.78 is 2.09. The van der Waals surface area contributed by atoms with Crippen LogP contribution in [0.5, 0.6) is 0 Å². The molecule has 0 aromatic heterocycles. The van der Waals surface area contributed by atoms with Gasteiger partial charge in [0.1, 0.15) is 0 Å². The summed E-state index contributed by atoms with van der Waals surface area (Å²) in [5.41, 5.74) is 0. The number of rotatable bonds is 1. The van der Waals surface area contributed by atoms with E-state index in [1.54, 1.807) is 0 Å². The quantitative estimate of drug-likeness (QED) is 0.633. The average Bonchev–Trinajstić information content (AvgIpc) is 1.91. The van der Waals surface area contributed by atoms with Crippen molar-refractivity contribution < 1.29 is 0 Å². The van der Waals surface area contributed by atoms with Crippen LogP contribution in [-0.4, -0.2) is 18.0 Å². The second-order valence-corrected chi connectivity index (χ2v) is 3.09. The highest BCUT2D eigenvalue weighted by Crippen LogP contribution is 2.08. The summed E-state index contributed by atoms with van der Waals surface area (Å²) >= 11 is 2.27. The Bertz CT molecular complexity index is 95.1. The van der Waals surface area contributed by atoms with Crippen molar-refractivity contribution in [3.8, 4) is 0 Å². The summed E-state index contributed by atoms with van der Waals surface area (Å²) in [4.78, 5) is 2.38. The van der Waals surface area contributed by atoms with Crippen LogP contribution in [0.25, 0.3) is 0 Å². The normalized spacial score (nSPS) is 21.2. The van der Waals surface area contributed by atoms with Gasteiger partial charge in [-0.15, -0.1) is 0 Å². The second kappa shape index (κ2) is 4.14. The van der Waals surface area contributed by atoms with E-state index >= 15 is 0 Å². The van der Waals surface area contributed by atoms with E-state index in [0.717, 1.165) is 0 Å². The van der Waals surface area contributed by atoms with Gasteiger partial charge in [0, 0.05) is 19.3 Å². The van der Waals surface area contributed by atoms with Crippen molar-refractivity contribution in [2.45, 2.75) is 19.3 Å². The first-order valence-electron chi connectivity index (χ1n) is 3.44. The van der Waals surface area contributed by atoms with Crippen LogP contribution in [0.15, 0.2) is 10.3 Å². The summed E-state index contributed by atoms with van der Waals surface area (Å²) in [5.74, 6) is 0. The highest BCUT2D eigenvalue weighted by atomic mass is 127. The van der Waals surface area contributed by atoms with Crippen molar-refractivity contribution in [3.63, 3.8) is 0 Å². The predicted octanol–water partition coefficient (Wildman–Crippen LogP) is 2.38. The van der Waals surface area contributed by atoms with E-state index in [9.17, 15) is 0 Å². The predicted molar refractivity (Wildman–Crippen MR) is 48.6 cm³/mol. The van der Waals surface area contributed by atoms with E-state index in [1.807, 2.05) is 0 Å². The summed E-state index contributed by atoms with van der Waals surface area (Å²) in [6.45, 7) is 2.53. The minimum Gasteiger partial charge on any atom is -0.377 e. The van der Waals surface area contributed by atoms with Crippen molar-refractivity contribution in [1.29, 1.82) is 0 Å². The molecule has 1 heterocycles. The monoisotopic (exact) mass is 237 g/mol. The topological polar surface area (TPSA) is 3.24 Å². The van der Waals surface area contributed by atoms with Gasteiger partial charge in [0.15, 0.2) is 0 Å². The minimum atomic E-state index is 1.26. The summed E-state index contributed by atoms with van der Waals surface area (Å²) in [7, 11) is 0. The first kappa shape index (κ1) is 7.38. The fourth-order valence-electron chi connectivity index (χ4n) is 1.15. The van der Waals surface area contributed by atoms with Gasteiger partial charge in [-0.2, -0.15) is 0 Å². The van der Waals surface area contributed by atoms with Gasteiger partial charge in [-0.25, -0.2) is 0 Å². The smallest absolute Gasteiger partial charge is 0.0172 e. The Kier molecular flexibility index (Phi) is 3.40. The molecule has 0 saturated carbocycles. The van der Waals surface area contributed by atoms with Gasteiger partial charge in [0.25, 0.3) is 0 Å². The van der Waals surface area contributed by atoms with Gasteiger partial charge in [-0.1, -0.05) is 22.6 Å². The van der Waals surface area contributed by atoms with Gasteiger partial charge in [-0.3, -0.25) is 0 Å². The molecular weight excluding hydrogens is 225 g/mol. The first-order chi connectivity index (χ1) is 4.43. The van der Waals surface area contributed by atoms with Crippen LogP contribution in [-0.2, 0) is 0 Å². The van der Waals surface area contributed by atoms with Crippen LogP contribution in [0.2, 0.25) is 0 Å². The zero-order chi connectivity index (χ0) is 6.53. The van der Waals surface area contributed by atoms with Crippen molar-refractivity contribution in [2.75, 3.05) is 13.1 Å². The molecule has 1 fully saturated rings. The molecule has 0 aromatic rings. The summed E-state index contributed by atoms with van der Waals surface area (Å²) in [6, 6.07) is 0. The third-order valence-corrected chi connectivity index (χ3v) is 1.98. The van der Waals surface area contributed by atoms with Gasteiger partial charge in [-0.05, 0) is 23.3 Å². The maximum absolute atomic E-state index is 2.38. The van der Waals surface area contributed by atoms with Crippen molar-refractivity contribution >= 4 is 22.6 Å². The fourth-order valence-corrected chi connectivity index (χ4v) is 1.60. The third-order valence-electron chi connectivity index (χ3n) is 1.66. The highest BCUT2D eigenvalue weighted by Gasteiger charge is 2.03. The number of hydrogen-bond acceptors (Lipinski definition) is 1. The summed E-state index contributed by atoms with van der Waals surface area (Å²) in [6.07, 6.45) is 6.35.